The number of hydrogen-bond donors (Lipinski definition) is 1. The van der Waals surface area contributed by atoms with E-state index in [4.69, 9.17) is 4.74 Å². The average molecular weight is 344 g/mol. The Kier molecular flexibility index (Phi) is 14.1. The van der Waals surface area contributed by atoms with Crippen molar-refractivity contribution in [1.82, 2.24) is 5.32 Å². The van der Waals surface area contributed by atoms with Gasteiger partial charge in [-0.05, 0) is 12.8 Å². The molecule has 0 saturated heterocycles. The van der Waals surface area contributed by atoms with Crippen LogP contribution in [0.25, 0.3) is 0 Å². The Morgan fingerprint density at radius 2 is 1.38 bits per heavy atom. The van der Waals surface area contributed by atoms with Gasteiger partial charge >= 0.3 is 6.09 Å². The molecule has 24 heavy (non-hydrogen) atoms. The molecule has 144 valence electrons. The lowest BCUT2D eigenvalue weighted by Gasteiger charge is -2.24. The number of alkyl carbamates (subject to hydrolysis) is 1. The first-order valence-electron chi connectivity index (χ1n) is 10.1. The van der Waals surface area contributed by atoms with Crippen molar-refractivity contribution in [2.24, 2.45) is 0 Å². The maximum Gasteiger partial charge on any atom is 0.407 e. The van der Waals surface area contributed by atoms with Crippen molar-refractivity contribution in [3.05, 3.63) is 0 Å². The van der Waals surface area contributed by atoms with E-state index in [1.54, 1.807) is 0 Å². The van der Waals surface area contributed by atoms with Gasteiger partial charge in [-0.25, -0.2) is 4.79 Å². The molecule has 0 aromatic carbocycles. The Balaban J connectivity index is 4.07. The van der Waals surface area contributed by atoms with Gasteiger partial charge in [0.25, 0.3) is 0 Å². The minimum atomic E-state index is -0.238. The maximum atomic E-state index is 12.0. The third-order valence-corrected chi connectivity index (χ3v) is 4.38. The number of unbranched alkanes of at least 4 members (excludes halogenated alkanes) is 7. The van der Waals surface area contributed by atoms with Crippen LogP contribution in [0, 0.1) is 0 Å². The third kappa shape index (κ3) is 16.1. The van der Waals surface area contributed by atoms with Gasteiger partial charge in [0.2, 0.25) is 0 Å². The van der Waals surface area contributed by atoms with E-state index < -0.39 is 0 Å². The lowest BCUT2D eigenvalue weighted by molar-refractivity contribution is -0.870. The molecule has 1 amide bonds. The molecule has 1 N–H and O–H groups in total. The predicted octanol–water partition coefficient (Wildman–Crippen LogP) is 5.12. The van der Waals surface area contributed by atoms with E-state index >= 15 is 0 Å². The summed E-state index contributed by atoms with van der Waals surface area (Å²) >= 11 is 0. The van der Waals surface area contributed by atoms with Gasteiger partial charge in [-0.2, -0.15) is 0 Å². The minimum Gasteiger partial charge on any atom is -0.444 e. The van der Waals surface area contributed by atoms with E-state index in [0.717, 1.165) is 23.9 Å². The van der Waals surface area contributed by atoms with E-state index in [-0.39, 0.29) is 12.1 Å². The number of rotatable bonds is 15. The van der Waals surface area contributed by atoms with Gasteiger partial charge in [-0.15, -0.1) is 0 Å². The molecule has 0 aliphatic rings. The molecule has 0 bridgehead atoms. The average Bonchev–Trinajstić information content (AvgIpc) is 2.49. The van der Waals surface area contributed by atoms with Crippen LogP contribution in [0.15, 0.2) is 0 Å². The van der Waals surface area contributed by atoms with Crippen LogP contribution in [0.5, 0.6) is 0 Å². The molecular weight excluding hydrogens is 300 g/mol. The zero-order valence-corrected chi connectivity index (χ0v) is 17.0. The molecule has 0 aliphatic carbocycles. The van der Waals surface area contributed by atoms with E-state index in [2.05, 4.69) is 40.3 Å². The van der Waals surface area contributed by atoms with E-state index in [9.17, 15) is 4.79 Å². The van der Waals surface area contributed by atoms with Gasteiger partial charge in [0.1, 0.15) is 13.2 Å². The van der Waals surface area contributed by atoms with Crippen LogP contribution in [0.4, 0.5) is 4.79 Å². The summed E-state index contributed by atoms with van der Waals surface area (Å²) in [6, 6.07) is 0.278. The Labute approximate surface area is 150 Å². The number of quaternary nitrogens is 1. The number of carbonyl (C=O) groups is 1. The van der Waals surface area contributed by atoms with Crippen molar-refractivity contribution in [3.8, 4) is 0 Å². The number of nitrogens with zero attached hydrogens (tertiary/aromatic N) is 1. The summed E-state index contributed by atoms with van der Waals surface area (Å²) in [5, 5.41) is 3.10. The van der Waals surface area contributed by atoms with Crippen molar-refractivity contribution in [2.75, 3.05) is 34.3 Å². The molecule has 0 radical (unpaired) electrons. The summed E-state index contributed by atoms with van der Waals surface area (Å²) < 4.78 is 6.17. The van der Waals surface area contributed by atoms with Crippen LogP contribution in [-0.4, -0.2) is 50.9 Å². The van der Waals surface area contributed by atoms with Crippen molar-refractivity contribution in [2.45, 2.75) is 90.5 Å². The summed E-state index contributed by atoms with van der Waals surface area (Å²) in [5.74, 6) is 0. The molecule has 0 aromatic heterocycles. The largest absolute Gasteiger partial charge is 0.444 e. The highest BCUT2D eigenvalue weighted by molar-refractivity contribution is 5.67. The molecule has 0 heterocycles. The van der Waals surface area contributed by atoms with Gasteiger partial charge in [0.05, 0.1) is 21.1 Å². The first-order valence-corrected chi connectivity index (χ1v) is 10.1. The summed E-state index contributed by atoms with van der Waals surface area (Å²) in [4.78, 5) is 12.0. The zero-order chi connectivity index (χ0) is 18.3. The first-order chi connectivity index (χ1) is 11.4. The van der Waals surface area contributed by atoms with Crippen LogP contribution < -0.4 is 5.32 Å². The SMILES string of the molecule is CCCCCCCC(CCCCCC)NC(=O)OCC[N+](C)(C)C. The molecule has 4 nitrogen and oxygen atoms in total. The summed E-state index contributed by atoms with van der Waals surface area (Å²) in [6.45, 7) is 5.79. The van der Waals surface area contributed by atoms with E-state index in [1.807, 2.05) is 0 Å². The van der Waals surface area contributed by atoms with Crippen molar-refractivity contribution in [3.63, 3.8) is 0 Å². The van der Waals surface area contributed by atoms with Crippen LogP contribution in [0.2, 0.25) is 0 Å². The zero-order valence-electron chi connectivity index (χ0n) is 17.0. The van der Waals surface area contributed by atoms with Crippen molar-refractivity contribution >= 4 is 6.09 Å². The second-order valence-electron chi connectivity index (χ2n) is 8.04. The fraction of sp³-hybridized carbons (Fsp3) is 0.950. The molecule has 0 fully saturated rings. The van der Waals surface area contributed by atoms with Gasteiger partial charge < -0.3 is 14.5 Å². The predicted molar refractivity (Wildman–Crippen MR) is 103 cm³/mol. The molecule has 0 aliphatic heterocycles. The number of nitrogens with one attached hydrogen (secondary N) is 1. The monoisotopic (exact) mass is 343 g/mol. The van der Waals surface area contributed by atoms with Gasteiger partial charge in [-0.1, -0.05) is 71.6 Å². The van der Waals surface area contributed by atoms with Gasteiger partial charge in [0, 0.05) is 6.04 Å². The first kappa shape index (κ1) is 23.2. The van der Waals surface area contributed by atoms with Gasteiger partial charge in [0.15, 0.2) is 0 Å². The smallest absolute Gasteiger partial charge is 0.407 e. The fourth-order valence-corrected chi connectivity index (χ4v) is 2.72. The van der Waals surface area contributed by atoms with Crippen LogP contribution in [0.3, 0.4) is 0 Å². The normalized spacial score (nSPS) is 12.9. The van der Waals surface area contributed by atoms with Crippen molar-refractivity contribution in [1.29, 1.82) is 0 Å². The molecule has 1 unspecified atom stereocenters. The second kappa shape index (κ2) is 14.6. The topological polar surface area (TPSA) is 38.3 Å². The summed E-state index contributed by atoms with van der Waals surface area (Å²) in [5.41, 5.74) is 0. The fourth-order valence-electron chi connectivity index (χ4n) is 2.72. The maximum absolute atomic E-state index is 12.0. The molecule has 0 rings (SSSR count). The number of likely N-dealkylation sites (N-methyl/N-ethyl adjacent to an activating group) is 1. The highest BCUT2D eigenvalue weighted by atomic mass is 16.5. The molecule has 0 spiro atoms. The minimum absolute atomic E-state index is 0.238. The molecular formula is C20H43N2O2+. The Bertz CT molecular complexity index is 301. The molecule has 4 heteroatoms. The number of ether oxygens (including phenoxy) is 1. The number of hydrogen-bond acceptors (Lipinski definition) is 2. The Hall–Kier alpha value is -0.770. The van der Waals surface area contributed by atoms with Crippen LogP contribution in [-0.2, 0) is 4.74 Å². The highest BCUT2D eigenvalue weighted by Crippen LogP contribution is 2.13. The lowest BCUT2D eigenvalue weighted by atomic mass is 10.0. The quantitative estimate of drug-likeness (QED) is 0.331. The molecule has 0 aromatic rings. The van der Waals surface area contributed by atoms with E-state index in [0.29, 0.717) is 6.61 Å². The molecule has 0 saturated carbocycles. The number of amides is 1. The molecule has 1 atom stereocenters. The van der Waals surface area contributed by atoms with Gasteiger partial charge in [-0.3, -0.25) is 0 Å². The van der Waals surface area contributed by atoms with Crippen LogP contribution >= 0.6 is 0 Å². The summed E-state index contributed by atoms with van der Waals surface area (Å²) in [6.07, 6.45) is 13.3. The highest BCUT2D eigenvalue weighted by Gasteiger charge is 2.14. The Morgan fingerprint density at radius 1 is 0.875 bits per heavy atom. The lowest BCUT2D eigenvalue weighted by Crippen LogP contribution is -2.40. The summed E-state index contributed by atoms with van der Waals surface area (Å²) in [7, 11) is 6.32. The third-order valence-electron chi connectivity index (χ3n) is 4.38. The van der Waals surface area contributed by atoms with Crippen LogP contribution in [0.1, 0.15) is 84.5 Å². The Morgan fingerprint density at radius 3 is 1.88 bits per heavy atom. The van der Waals surface area contributed by atoms with Crippen molar-refractivity contribution < 1.29 is 14.0 Å². The second-order valence-corrected chi connectivity index (χ2v) is 8.04. The van der Waals surface area contributed by atoms with E-state index in [1.165, 1.54) is 57.8 Å². The number of carbonyl (C=O) groups excluding carboxylic acids is 1. The standard InChI is InChI=1S/C20H42N2O2/c1-6-8-10-12-14-16-19(15-13-11-9-7-2)21-20(23)24-18-17-22(3,4)5/h19H,6-18H2,1-5H3/p+1.